The number of carboxylic acid groups (broad SMARTS) is 2. The van der Waals surface area contributed by atoms with Crippen LogP contribution in [0.1, 0.15) is 38.5 Å². The van der Waals surface area contributed by atoms with Gasteiger partial charge in [-0.2, -0.15) is 0 Å². The molecule has 1 fully saturated rings. The summed E-state index contributed by atoms with van der Waals surface area (Å²) in [5.41, 5.74) is 4.98. The van der Waals surface area contributed by atoms with Crippen molar-refractivity contribution in [2.45, 2.75) is 56.7 Å². The molecule has 13 nitrogen and oxygen atoms in total. The average Bonchev–Trinajstić information content (AvgIpc) is 3.20. The summed E-state index contributed by atoms with van der Waals surface area (Å²) in [4.78, 5) is 69.4. The average molecular weight is 429 g/mol. The molecule has 0 aliphatic carbocycles. The standard InChI is InChI=1S/C17H27N5O8/c18-12(23)5-3-11(17(29)30)22-16(28)10(4-6-14(25)26)21-13(24)8-20-15(27)9-2-1-7-19-9/h9-11,19H,1-8H2,(H2,18,23)(H,20,27)(H,21,24)(H,22,28)(H,25,26)(H,29,30). The van der Waals surface area contributed by atoms with Crippen LogP contribution in [0.3, 0.4) is 0 Å². The van der Waals surface area contributed by atoms with Gasteiger partial charge in [-0.3, -0.25) is 24.0 Å². The molecule has 30 heavy (non-hydrogen) atoms. The Morgan fingerprint density at radius 3 is 2.20 bits per heavy atom. The Hall–Kier alpha value is -3.22. The van der Waals surface area contributed by atoms with Crippen LogP contribution in [0.25, 0.3) is 0 Å². The Morgan fingerprint density at radius 2 is 1.67 bits per heavy atom. The van der Waals surface area contributed by atoms with Crippen LogP contribution < -0.4 is 27.0 Å². The maximum absolute atomic E-state index is 12.4. The van der Waals surface area contributed by atoms with Crippen molar-refractivity contribution < 1.29 is 39.0 Å². The highest BCUT2D eigenvalue weighted by Crippen LogP contribution is 2.05. The van der Waals surface area contributed by atoms with Crippen molar-refractivity contribution in [2.75, 3.05) is 13.1 Å². The summed E-state index contributed by atoms with van der Waals surface area (Å²) in [6.45, 7) is 0.264. The first-order valence-electron chi connectivity index (χ1n) is 9.44. The second kappa shape index (κ2) is 12.4. The Morgan fingerprint density at radius 1 is 1.00 bits per heavy atom. The van der Waals surface area contributed by atoms with Gasteiger partial charge in [0.05, 0.1) is 12.6 Å². The Balaban J connectivity index is 2.66. The fourth-order valence-electron chi connectivity index (χ4n) is 2.80. The van der Waals surface area contributed by atoms with E-state index in [9.17, 15) is 28.8 Å². The highest BCUT2D eigenvalue weighted by atomic mass is 16.4. The van der Waals surface area contributed by atoms with E-state index in [-0.39, 0.29) is 25.2 Å². The number of hydrogen-bond donors (Lipinski definition) is 7. The first-order valence-corrected chi connectivity index (χ1v) is 9.44. The normalized spacial score (nSPS) is 17.4. The van der Waals surface area contributed by atoms with Crippen LogP contribution in [-0.2, 0) is 28.8 Å². The highest BCUT2D eigenvalue weighted by molar-refractivity contribution is 5.93. The molecular weight excluding hydrogens is 402 g/mol. The van der Waals surface area contributed by atoms with Crippen molar-refractivity contribution in [3.05, 3.63) is 0 Å². The van der Waals surface area contributed by atoms with Gasteiger partial charge < -0.3 is 37.2 Å². The quantitative estimate of drug-likeness (QED) is 0.159. The summed E-state index contributed by atoms with van der Waals surface area (Å²) in [6.07, 6.45) is 0.162. The van der Waals surface area contributed by atoms with Gasteiger partial charge in [0.1, 0.15) is 12.1 Å². The predicted octanol–water partition coefficient (Wildman–Crippen LogP) is -2.96. The molecule has 0 radical (unpaired) electrons. The monoisotopic (exact) mass is 429 g/mol. The maximum Gasteiger partial charge on any atom is 0.326 e. The third-order valence-electron chi connectivity index (χ3n) is 4.39. The van der Waals surface area contributed by atoms with Crippen molar-refractivity contribution in [1.29, 1.82) is 0 Å². The smallest absolute Gasteiger partial charge is 0.326 e. The van der Waals surface area contributed by atoms with Crippen molar-refractivity contribution >= 4 is 35.6 Å². The van der Waals surface area contributed by atoms with Gasteiger partial charge in [0, 0.05) is 12.8 Å². The van der Waals surface area contributed by atoms with Crippen LogP contribution in [0.4, 0.5) is 0 Å². The van der Waals surface area contributed by atoms with E-state index in [4.69, 9.17) is 15.9 Å². The first kappa shape index (κ1) is 24.8. The van der Waals surface area contributed by atoms with Crippen LogP contribution >= 0.6 is 0 Å². The third-order valence-corrected chi connectivity index (χ3v) is 4.39. The molecule has 4 amide bonds. The van der Waals surface area contributed by atoms with E-state index in [0.29, 0.717) is 13.0 Å². The second-order valence-electron chi connectivity index (χ2n) is 6.82. The third kappa shape index (κ3) is 9.32. The van der Waals surface area contributed by atoms with E-state index in [1.54, 1.807) is 0 Å². The molecular formula is C17H27N5O8. The number of nitrogens with two attached hydrogens (primary N) is 1. The lowest BCUT2D eigenvalue weighted by Crippen LogP contribution is -2.53. The minimum absolute atomic E-state index is 0.263. The first-order chi connectivity index (χ1) is 14.1. The number of carbonyl (C=O) groups is 6. The van der Waals surface area contributed by atoms with Gasteiger partial charge in [-0.1, -0.05) is 0 Å². The lowest BCUT2D eigenvalue weighted by Gasteiger charge is -2.21. The van der Waals surface area contributed by atoms with E-state index in [2.05, 4.69) is 21.3 Å². The minimum Gasteiger partial charge on any atom is -0.481 e. The van der Waals surface area contributed by atoms with Gasteiger partial charge in [0.15, 0.2) is 0 Å². The topological polar surface area (TPSA) is 217 Å². The summed E-state index contributed by atoms with van der Waals surface area (Å²) in [7, 11) is 0. The number of rotatable bonds is 13. The van der Waals surface area contributed by atoms with Crippen LogP contribution in [0.15, 0.2) is 0 Å². The van der Waals surface area contributed by atoms with Crippen molar-refractivity contribution in [1.82, 2.24) is 21.3 Å². The number of carboxylic acids is 2. The highest BCUT2D eigenvalue weighted by Gasteiger charge is 2.28. The minimum atomic E-state index is -1.44. The summed E-state index contributed by atoms with van der Waals surface area (Å²) in [5, 5.41) is 27.8. The summed E-state index contributed by atoms with van der Waals surface area (Å²) >= 11 is 0. The fourth-order valence-corrected chi connectivity index (χ4v) is 2.80. The molecule has 1 aliphatic rings. The molecule has 0 saturated carbocycles. The maximum atomic E-state index is 12.4. The SMILES string of the molecule is NC(=O)CCC(NC(=O)C(CCC(=O)O)NC(=O)CNC(=O)C1CCCN1)C(=O)O. The largest absolute Gasteiger partial charge is 0.481 e. The molecule has 0 aromatic carbocycles. The zero-order valence-electron chi connectivity index (χ0n) is 16.3. The molecule has 3 unspecified atom stereocenters. The molecule has 3 atom stereocenters. The van der Waals surface area contributed by atoms with Crippen LogP contribution in [0.2, 0.25) is 0 Å². The molecule has 13 heteroatoms. The molecule has 0 aromatic heterocycles. The van der Waals surface area contributed by atoms with Crippen LogP contribution in [0, 0.1) is 0 Å². The summed E-state index contributed by atoms with van der Waals surface area (Å²) in [6, 6.07) is -3.18. The molecule has 0 bridgehead atoms. The molecule has 1 heterocycles. The van der Waals surface area contributed by atoms with Crippen molar-refractivity contribution in [3.8, 4) is 0 Å². The molecule has 8 N–H and O–H groups in total. The van der Waals surface area contributed by atoms with Crippen molar-refractivity contribution in [3.63, 3.8) is 0 Å². The molecule has 168 valence electrons. The number of amides is 4. The van der Waals surface area contributed by atoms with E-state index in [0.717, 1.165) is 6.42 Å². The van der Waals surface area contributed by atoms with Gasteiger partial charge in [0.2, 0.25) is 23.6 Å². The second-order valence-corrected chi connectivity index (χ2v) is 6.82. The van der Waals surface area contributed by atoms with Crippen molar-refractivity contribution in [2.24, 2.45) is 5.73 Å². The molecule has 0 aromatic rings. The van der Waals surface area contributed by atoms with E-state index in [1.165, 1.54) is 0 Å². The number of aliphatic carboxylic acids is 2. The van der Waals surface area contributed by atoms with Gasteiger partial charge in [-0.15, -0.1) is 0 Å². The van der Waals surface area contributed by atoms with Gasteiger partial charge in [-0.25, -0.2) is 4.79 Å². The Labute approximate surface area is 172 Å². The molecule has 1 aliphatic heterocycles. The van der Waals surface area contributed by atoms with Gasteiger partial charge in [0.25, 0.3) is 0 Å². The molecule has 1 saturated heterocycles. The summed E-state index contributed by atoms with van der Waals surface area (Å²) in [5.74, 6) is -5.41. The Bertz CT molecular complexity index is 677. The summed E-state index contributed by atoms with van der Waals surface area (Å²) < 4.78 is 0. The zero-order valence-corrected chi connectivity index (χ0v) is 16.3. The lowest BCUT2D eigenvalue weighted by molar-refractivity contribution is -0.143. The van der Waals surface area contributed by atoms with E-state index < -0.39 is 60.8 Å². The lowest BCUT2D eigenvalue weighted by atomic mass is 10.1. The zero-order chi connectivity index (χ0) is 22.7. The number of hydrogen-bond acceptors (Lipinski definition) is 7. The van der Waals surface area contributed by atoms with Gasteiger partial charge >= 0.3 is 11.9 Å². The van der Waals surface area contributed by atoms with E-state index >= 15 is 0 Å². The molecule has 1 rings (SSSR count). The molecule has 0 spiro atoms. The van der Waals surface area contributed by atoms with Gasteiger partial charge in [-0.05, 0) is 32.2 Å². The predicted molar refractivity (Wildman–Crippen MR) is 101 cm³/mol. The van der Waals surface area contributed by atoms with E-state index in [1.807, 2.05) is 0 Å². The fraction of sp³-hybridized carbons (Fsp3) is 0.647. The Kier molecular flexibility index (Phi) is 10.2. The van der Waals surface area contributed by atoms with Crippen LogP contribution in [-0.4, -0.2) is 77.0 Å². The number of nitrogens with one attached hydrogen (secondary N) is 4. The number of primary amides is 1. The van der Waals surface area contributed by atoms with Crippen LogP contribution in [0.5, 0.6) is 0 Å². The number of carbonyl (C=O) groups excluding carboxylic acids is 4.